The average Bonchev–Trinajstić information content (AvgIpc) is 3.56. The number of aromatic nitrogens is 5. The minimum absolute atomic E-state index is 0.0459. The van der Waals surface area contributed by atoms with E-state index in [4.69, 9.17) is 21.7 Å². The first-order valence-electron chi connectivity index (χ1n) is 15.8. The molecule has 0 saturated carbocycles. The van der Waals surface area contributed by atoms with E-state index >= 15 is 0 Å². The summed E-state index contributed by atoms with van der Waals surface area (Å²) in [5, 5.41) is 17.5. The summed E-state index contributed by atoms with van der Waals surface area (Å²) >= 11 is 6.41. The maximum Gasteiger partial charge on any atom is 0.411 e. The summed E-state index contributed by atoms with van der Waals surface area (Å²) in [4.78, 5) is 40.2. The number of benzene rings is 2. The van der Waals surface area contributed by atoms with Crippen LogP contribution in [-0.2, 0) is 4.74 Å². The van der Waals surface area contributed by atoms with Gasteiger partial charge < -0.3 is 15.4 Å². The van der Waals surface area contributed by atoms with E-state index < -0.39 is 54.6 Å². The van der Waals surface area contributed by atoms with E-state index in [0.717, 1.165) is 29.8 Å². The Hall–Kier alpha value is -5.19. The number of amides is 2. The van der Waals surface area contributed by atoms with E-state index in [-0.39, 0.29) is 33.8 Å². The van der Waals surface area contributed by atoms with Crippen molar-refractivity contribution in [2.75, 3.05) is 13.2 Å². The molecule has 2 heterocycles. The fraction of sp³-hybridized carbons (Fsp3) is 0.382. The summed E-state index contributed by atoms with van der Waals surface area (Å²) in [5.41, 5.74) is -2.20. The molecule has 1 atom stereocenters. The Balaban J connectivity index is 1.81. The second-order valence-electron chi connectivity index (χ2n) is 13.3. The molecule has 278 valence electrons. The van der Waals surface area contributed by atoms with Gasteiger partial charge in [0, 0.05) is 30.1 Å². The minimum Gasteiger partial charge on any atom is -0.447 e. The van der Waals surface area contributed by atoms with Crippen molar-refractivity contribution in [3.63, 3.8) is 0 Å². The molecule has 0 aliphatic rings. The number of nitrogens with zero attached hydrogens (tertiary/aromatic N) is 6. The van der Waals surface area contributed by atoms with Crippen molar-refractivity contribution >= 4 is 29.6 Å². The van der Waals surface area contributed by atoms with Crippen LogP contribution < -0.4 is 10.6 Å². The molecule has 4 aromatic rings. The number of guanidine groups is 1. The van der Waals surface area contributed by atoms with Crippen molar-refractivity contribution in [1.29, 1.82) is 5.41 Å². The Morgan fingerprint density at radius 2 is 1.65 bits per heavy atom. The summed E-state index contributed by atoms with van der Waals surface area (Å²) in [6, 6.07) is 10.3. The van der Waals surface area contributed by atoms with Gasteiger partial charge >= 0.3 is 12.3 Å². The van der Waals surface area contributed by atoms with Crippen LogP contribution in [0.15, 0.2) is 67.3 Å². The molecule has 12 nitrogen and oxygen atoms in total. The highest BCUT2D eigenvalue weighted by Gasteiger charge is 2.49. The molecule has 0 saturated heterocycles. The van der Waals surface area contributed by atoms with Crippen molar-refractivity contribution in [2.45, 2.75) is 65.2 Å². The number of hydrogen-bond donors (Lipinski definition) is 3. The summed E-state index contributed by atoms with van der Waals surface area (Å²) < 4.78 is 74.5. The summed E-state index contributed by atoms with van der Waals surface area (Å²) in [7, 11) is 0. The van der Waals surface area contributed by atoms with Crippen LogP contribution in [0.25, 0.3) is 17.1 Å². The summed E-state index contributed by atoms with van der Waals surface area (Å²) in [6.07, 6.45) is -4.80. The van der Waals surface area contributed by atoms with Gasteiger partial charge in [-0.05, 0) is 61.6 Å². The van der Waals surface area contributed by atoms with E-state index in [2.05, 4.69) is 25.4 Å². The quantitative estimate of drug-likeness (QED) is 0.0809. The van der Waals surface area contributed by atoms with Gasteiger partial charge in [0.2, 0.25) is 0 Å². The van der Waals surface area contributed by atoms with Gasteiger partial charge in [0.1, 0.15) is 18.5 Å². The lowest BCUT2D eigenvalue weighted by Gasteiger charge is -2.34. The normalized spacial score (nSPS) is 12.7. The molecule has 2 amide bonds. The topological polar surface area (TPSA) is 151 Å². The monoisotopic (exact) mass is 749 g/mol. The van der Waals surface area contributed by atoms with Gasteiger partial charge in [0.05, 0.1) is 16.8 Å². The maximum atomic E-state index is 14.4. The van der Waals surface area contributed by atoms with Gasteiger partial charge in [-0.2, -0.15) is 18.3 Å². The molecule has 0 unspecified atom stereocenters. The van der Waals surface area contributed by atoms with Gasteiger partial charge in [-0.3, -0.25) is 15.1 Å². The van der Waals surface area contributed by atoms with Gasteiger partial charge in [0.25, 0.3) is 12.3 Å². The zero-order valence-corrected chi connectivity index (χ0v) is 29.6. The molecular weight excluding hydrogens is 713 g/mol. The Kier molecular flexibility index (Phi) is 12.2. The number of carbonyl (C=O) groups is 2. The Bertz CT molecular complexity index is 1860. The number of rotatable bonds is 11. The molecule has 2 aromatic heterocycles. The first-order chi connectivity index (χ1) is 24.3. The number of halogens is 6. The second-order valence-corrected chi connectivity index (χ2v) is 13.7. The zero-order chi connectivity index (χ0) is 38.4. The average molecular weight is 750 g/mol. The van der Waals surface area contributed by atoms with Crippen molar-refractivity contribution in [2.24, 2.45) is 5.41 Å². The van der Waals surface area contributed by atoms with E-state index in [0.29, 0.717) is 17.8 Å². The zero-order valence-electron chi connectivity index (χ0n) is 28.8. The fourth-order valence-corrected chi connectivity index (χ4v) is 4.91. The number of hydrogen-bond acceptors (Lipinski definition) is 8. The first kappa shape index (κ1) is 39.6. The van der Waals surface area contributed by atoms with Crippen LogP contribution in [-0.4, -0.2) is 72.5 Å². The third-order valence-corrected chi connectivity index (χ3v) is 8.06. The van der Waals surface area contributed by atoms with Crippen LogP contribution in [0.1, 0.15) is 75.3 Å². The molecule has 0 aliphatic heterocycles. The third kappa shape index (κ3) is 9.77. The standard InChI is InChI=1S/C34H37ClF5N9O3/c1-32(2,3)13-16-44-30(41)48(29(50)21-9-7-20(8-10-21)27-42-14-6-15-43-27)25(18-52-31(51)47-33(4,5)34(38,39)40)22-11-12-23(35)24(17-22)49-28(26(36)37)45-19-46-49/h6-12,14-15,17,19,25-26H,13,16,18H2,1-5H3,(H2,41,44)(H,47,51)/t25-/m1/s1. The first-order valence-corrected chi connectivity index (χ1v) is 16.2. The van der Waals surface area contributed by atoms with Crippen LogP contribution in [0.3, 0.4) is 0 Å². The Labute approximate surface area is 301 Å². The van der Waals surface area contributed by atoms with Crippen molar-refractivity contribution in [3.05, 3.63) is 89.2 Å². The Morgan fingerprint density at radius 1 is 1.00 bits per heavy atom. The number of ether oxygens (including phenoxy) is 1. The van der Waals surface area contributed by atoms with Crippen LogP contribution in [0, 0.1) is 10.8 Å². The summed E-state index contributed by atoms with van der Waals surface area (Å²) in [6.45, 7) is 6.85. The SMILES string of the molecule is CC(C)(C)CCNC(=N)N(C(=O)c1ccc(-c2ncccn2)cc1)[C@H](COC(=O)NC(C)(C)C(F)(F)F)c1ccc(Cl)c(-n2ncnc2C(F)F)c1. The summed E-state index contributed by atoms with van der Waals surface area (Å²) in [5.74, 6) is -1.57. The van der Waals surface area contributed by atoms with Gasteiger partial charge in [-0.15, -0.1) is 0 Å². The van der Waals surface area contributed by atoms with Crippen molar-refractivity contribution in [3.8, 4) is 17.1 Å². The van der Waals surface area contributed by atoms with Crippen LogP contribution in [0.4, 0.5) is 26.7 Å². The number of alkyl carbamates (subject to hydrolysis) is 1. The molecule has 0 radical (unpaired) electrons. The lowest BCUT2D eigenvalue weighted by Crippen LogP contribution is -2.55. The lowest BCUT2D eigenvalue weighted by molar-refractivity contribution is -0.183. The van der Waals surface area contributed by atoms with Crippen LogP contribution >= 0.6 is 11.6 Å². The van der Waals surface area contributed by atoms with Crippen LogP contribution in [0.2, 0.25) is 5.02 Å². The number of nitrogens with one attached hydrogen (secondary N) is 3. The highest BCUT2D eigenvalue weighted by atomic mass is 35.5. The number of alkyl halides is 5. The van der Waals surface area contributed by atoms with Gasteiger partial charge in [-0.25, -0.2) is 33.2 Å². The highest BCUT2D eigenvalue weighted by molar-refractivity contribution is 6.32. The minimum atomic E-state index is -4.84. The lowest BCUT2D eigenvalue weighted by atomic mass is 9.92. The highest BCUT2D eigenvalue weighted by Crippen LogP contribution is 2.33. The molecular formula is C34H37ClF5N9O3. The predicted octanol–water partition coefficient (Wildman–Crippen LogP) is 7.53. The number of carbonyl (C=O) groups excluding carboxylic acids is 2. The van der Waals surface area contributed by atoms with E-state index in [1.807, 2.05) is 20.8 Å². The third-order valence-electron chi connectivity index (χ3n) is 7.74. The molecule has 2 aromatic carbocycles. The van der Waals surface area contributed by atoms with Crippen molar-refractivity contribution < 1.29 is 36.3 Å². The second kappa shape index (κ2) is 16.0. The smallest absolute Gasteiger partial charge is 0.411 e. The van der Waals surface area contributed by atoms with E-state index in [1.165, 1.54) is 30.3 Å². The van der Waals surface area contributed by atoms with Gasteiger partial charge in [0.15, 0.2) is 17.6 Å². The van der Waals surface area contributed by atoms with E-state index in [1.54, 1.807) is 35.9 Å². The fourth-order valence-electron chi connectivity index (χ4n) is 4.71. The molecule has 52 heavy (non-hydrogen) atoms. The predicted molar refractivity (Wildman–Crippen MR) is 182 cm³/mol. The van der Waals surface area contributed by atoms with Crippen molar-refractivity contribution in [1.82, 2.24) is 40.3 Å². The molecule has 0 aliphatic carbocycles. The molecule has 0 bridgehead atoms. The molecule has 0 spiro atoms. The largest absolute Gasteiger partial charge is 0.447 e. The van der Waals surface area contributed by atoms with Crippen LogP contribution in [0.5, 0.6) is 0 Å². The molecule has 3 N–H and O–H groups in total. The molecule has 18 heteroatoms. The molecule has 4 rings (SSSR count). The maximum absolute atomic E-state index is 14.4. The van der Waals surface area contributed by atoms with Gasteiger partial charge in [-0.1, -0.05) is 50.6 Å². The van der Waals surface area contributed by atoms with E-state index in [9.17, 15) is 31.5 Å². The Morgan fingerprint density at radius 3 is 2.25 bits per heavy atom. The molecule has 0 fully saturated rings.